The van der Waals surface area contributed by atoms with Crippen molar-refractivity contribution in [1.82, 2.24) is 14.7 Å². The van der Waals surface area contributed by atoms with Gasteiger partial charge in [0.2, 0.25) is 11.8 Å². The maximum absolute atomic E-state index is 12.1. The SMILES string of the molecule is CCCC(N)C(=O)N1CCN(CC(=O)N2CCCC2)CC1. The monoisotopic (exact) mass is 296 g/mol. The van der Waals surface area contributed by atoms with Crippen molar-refractivity contribution in [3.8, 4) is 0 Å². The molecule has 2 aliphatic rings. The van der Waals surface area contributed by atoms with E-state index in [4.69, 9.17) is 5.73 Å². The van der Waals surface area contributed by atoms with Crippen LogP contribution in [0.3, 0.4) is 0 Å². The zero-order chi connectivity index (χ0) is 15.2. The number of carbonyl (C=O) groups is 2. The highest BCUT2D eigenvalue weighted by atomic mass is 16.2. The van der Waals surface area contributed by atoms with Gasteiger partial charge in [-0.3, -0.25) is 14.5 Å². The Balaban J connectivity index is 1.72. The van der Waals surface area contributed by atoms with Crippen LogP contribution in [0.1, 0.15) is 32.6 Å². The largest absolute Gasteiger partial charge is 0.342 e. The Morgan fingerprint density at radius 1 is 1.00 bits per heavy atom. The third kappa shape index (κ3) is 4.41. The molecule has 1 atom stereocenters. The van der Waals surface area contributed by atoms with Crippen molar-refractivity contribution in [3.05, 3.63) is 0 Å². The van der Waals surface area contributed by atoms with Crippen LogP contribution in [-0.4, -0.2) is 78.4 Å². The van der Waals surface area contributed by atoms with E-state index in [2.05, 4.69) is 4.90 Å². The highest BCUT2D eigenvalue weighted by Gasteiger charge is 2.27. The third-order valence-electron chi connectivity index (χ3n) is 4.42. The number of carbonyl (C=O) groups excluding carboxylic acids is 2. The summed E-state index contributed by atoms with van der Waals surface area (Å²) in [5.74, 6) is 0.289. The van der Waals surface area contributed by atoms with E-state index in [1.807, 2.05) is 16.7 Å². The number of hydrogen-bond donors (Lipinski definition) is 1. The molecule has 0 aromatic rings. The van der Waals surface area contributed by atoms with E-state index in [0.717, 1.165) is 51.9 Å². The van der Waals surface area contributed by atoms with Crippen LogP contribution < -0.4 is 5.73 Å². The molecule has 0 aliphatic carbocycles. The Bertz CT molecular complexity index is 361. The summed E-state index contributed by atoms with van der Waals surface area (Å²) in [5, 5.41) is 0. The molecular weight excluding hydrogens is 268 g/mol. The van der Waals surface area contributed by atoms with E-state index in [0.29, 0.717) is 19.6 Å². The summed E-state index contributed by atoms with van der Waals surface area (Å²) < 4.78 is 0. The molecule has 2 saturated heterocycles. The number of piperazine rings is 1. The Kier molecular flexibility index (Phi) is 5.99. The minimum atomic E-state index is -0.368. The molecule has 0 bridgehead atoms. The Morgan fingerprint density at radius 3 is 2.19 bits per heavy atom. The second-order valence-corrected chi connectivity index (χ2v) is 6.08. The van der Waals surface area contributed by atoms with Crippen LogP contribution in [0.4, 0.5) is 0 Å². The molecule has 2 heterocycles. The van der Waals surface area contributed by atoms with Crippen molar-refractivity contribution in [1.29, 1.82) is 0 Å². The van der Waals surface area contributed by atoms with Crippen molar-refractivity contribution >= 4 is 11.8 Å². The highest BCUT2D eigenvalue weighted by molar-refractivity contribution is 5.82. The van der Waals surface area contributed by atoms with Crippen LogP contribution in [0.2, 0.25) is 0 Å². The molecule has 0 spiro atoms. The summed E-state index contributed by atoms with van der Waals surface area (Å²) in [5.41, 5.74) is 5.89. The Labute approximate surface area is 127 Å². The molecule has 21 heavy (non-hydrogen) atoms. The van der Waals surface area contributed by atoms with Gasteiger partial charge >= 0.3 is 0 Å². The number of nitrogens with zero attached hydrogens (tertiary/aromatic N) is 3. The average Bonchev–Trinajstić information content (AvgIpc) is 3.02. The van der Waals surface area contributed by atoms with Gasteiger partial charge in [-0.1, -0.05) is 13.3 Å². The fourth-order valence-electron chi connectivity index (χ4n) is 3.05. The van der Waals surface area contributed by atoms with E-state index in [9.17, 15) is 9.59 Å². The molecule has 6 heteroatoms. The lowest BCUT2D eigenvalue weighted by Crippen LogP contribution is -2.54. The summed E-state index contributed by atoms with van der Waals surface area (Å²) in [6.45, 7) is 7.24. The summed E-state index contributed by atoms with van der Waals surface area (Å²) in [6, 6.07) is -0.368. The zero-order valence-electron chi connectivity index (χ0n) is 13.1. The fourth-order valence-corrected chi connectivity index (χ4v) is 3.05. The smallest absolute Gasteiger partial charge is 0.239 e. The maximum atomic E-state index is 12.1. The maximum Gasteiger partial charge on any atom is 0.239 e. The van der Waals surface area contributed by atoms with Gasteiger partial charge in [0.1, 0.15) is 0 Å². The molecule has 2 N–H and O–H groups in total. The minimum absolute atomic E-state index is 0.0577. The van der Waals surface area contributed by atoms with Crippen molar-refractivity contribution in [2.45, 2.75) is 38.6 Å². The van der Waals surface area contributed by atoms with Gasteiger partial charge in [-0.15, -0.1) is 0 Å². The van der Waals surface area contributed by atoms with Crippen molar-refractivity contribution in [3.63, 3.8) is 0 Å². The topological polar surface area (TPSA) is 69.9 Å². The molecule has 2 aliphatic heterocycles. The number of nitrogens with two attached hydrogens (primary N) is 1. The molecule has 6 nitrogen and oxygen atoms in total. The number of rotatable bonds is 5. The molecule has 2 amide bonds. The third-order valence-corrected chi connectivity index (χ3v) is 4.42. The normalized spacial score (nSPS) is 21.6. The van der Waals surface area contributed by atoms with E-state index in [1.54, 1.807) is 0 Å². The quantitative estimate of drug-likeness (QED) is 0.768. The van der Waals surface area contributed by atoms with Crippen LogP contribution in [0.25, 0.3) is 0 Å². The lowest BCUT2D eigenvalue weighted by Gasteiger charge is -2.36. The minimum Gasteiger partial charge on any atom is -0.342 e. The van der Waals surface area contributed by atoms with Gasteiger partial charge in [0.15, 0.2) is 0 Å². The van der Waals surface area contributed by atoms with Crippen LogP contribution in [-0.2, 0) is 9.59 Å². The molecule has 0 radical (unpaired) electrons. The average molecular weight is 296 g/mol. The second kappa shape index (κ2) is 7.75. The molecule has 2 fully saturated rings. The van der Waals surface area contributed by atoms with Gasteiger partial charge in [0.25, 0.3) is 0 Å². The lowest BCUT2D eigenvalue weighted by atomic mass is 10.1. The predicted molar refractivity (Wildman–Crippen MR) is 81.7 cm³/mol. The van der Waals surface area contributed by atoms with Crippen LogP contribution in [0.5, 0.6) is 0 Å². The standard InChI is InChI=1S/C15H28N4O2/c1-2-5-13(16)15(21)19-10-8-17(9-11-19)12-14(20)18-6-3-4-7-18/h13H,2-12,16H2,1H3. The van der Waals surface area contributed by atoms with Crippen molar-refractivity contribution in [2.75, 3.05) is 45.8 Å². The van der Waals surface area contributed by atoms with Gasteiger partial charge in [-0.2, -0.15) is 0 Å². The molecular formula is C15H28N4O2. The van der Waals surface area contributed by atoms with E-state index in [-0.39, 0.29) is 17.9 Å². The first-order valence-electron chi connectivity index (χ1n) is 8.16. The summed E-state index contributed by atoms with van der Waals surface area (Å²) in [6.07, 6.45) is 3.93. The summed E-state index contributed by atoms with van der Waals surface area (Å²) >= 11 is 0. The number of likely N-dealkylation sites (tertiary alicyclic amines) is 1. The van der Waals surface area contributed by atoms with Crippen molar-refractivity contribution < 1.29 is 9.59 Å². The highest BCUT2D eigenvalue weighted by Crippen LogP contribution is 2.10. The van der Waals surface area contributed by atoms with Crippen LogP contribution in [0, 0.1) is 0 Å². The van der Waals surface area contributed by atoms with Gasteiger partial charge in [-0.25, -0.2) is 0 Å². The van der Waals surface area contributed by atoms with E-state index < -0.39 is 0 Å². The number of amides is 2. The van der Waals surface area contributed by atoms with Gasteiger partial charge in [0.05, 0.1) is 12.6 Å². The first-order chi connectivity index (χ1) is 10.1. The summed E-state index contributed by atoms with van der Waals surface area (Å²) in [7, 11) is 0. The molecule has 0 aromatic heterocycles. The van der Waals surface area contributed by atoms with Gasteiger partial charge < -0.3 is 15.5 Å². The molecule has 1 unspecified atom stereocenters. The Hall–Kier alpha value is -1.14. The predicted octanol–water partition coefficient (Wildman–Crippen LogP) is -0.120. The van der Waals surface area contributed by atoms with Crippen molar-refractivity contribution in [2.24, 2.45) is 5.73 Å². The molecule has 120 valence electrons. The summed E-state index contributed by atoms with van der Waals surface area (Å²) in [4.78, 5) is 30.2. The first-order valence-corrected chi connectivity index (χ1v) is 8.16. The van der Waals surface area contributed by atoms with E-state index in [1.165, 1.54) is 0 Å². The van der Waals surface area contributed by atoms with Crippen LogP contribution >= 0.6 is 0 Å². The second-order valence-electron chi connectivity index (χ2n) is 6.08. The number of hydrogen-bond acceptors (Lipinski definition) is 4. The fraction of sp³-hybridized carbons (Fsp3) is 0.867. The van der Waals surface area contributed by atoms with Crippen LogP contribution in [0.15, 0.2) is 0 Å². The molecule has 2 rings (SSSR count). The molecule has 0 aromatic carbocycles. The zero-order valence-corrected chi connectivity index (χ0v) is 13.1. The first kappa shape index (κ1) is 16.2. The van der Waals surface area contributed by atoms with E-state index >= 15 is 0 Å². The Morgan fingerprint density at radius 2 is 1.62 bits per heavy atom. The lowest BCUT2D eigenvalue weighted by molar-refractivity contribution is -0.135. The molecule has 0 saturated carbocycles. The van der Waals surface area contributed by atoms with Gasteiger partial charge in [-0.05, 0) is 19.3 Å². The van der Waals surface area contributed by atoms with Gasteiger partial charge in [0, 0.05) is 39.3 Å².